The van der Waals surface area contributed by atoms with Crippen LogP contribution in [0.4, 0.5) is 4.39 Å². The predicted molar refractivity (Wildman–Crippen MR) is 73.7 cm³/mol. The van der Waals surface area contributed by atoms with Gasteiger partial charge in [0, 0.05) is 24.7 Å². The molecule has 1 saturated heterocycles. The first-order valence-electron chi connectivity index (χ1n) is 6.49. The summed E-state index contributed by atoms with van der Waals surface area (Å²) in [5, 5.41) is -0.0273. The minimum atomic E-state index is -0.513. The molecule has 0 bridgehead atoms. The molecule has 104 valence electrons. The molecule has 2 rings (SSSR count). The van der Waals surface area contributed by atoms with Gasteiger partial charge in [-0.2, -0.15) is 0 Å². The van der Waals surface area contributed by atoms with Crippen LogP contribution in [-0.2, 0) is 0 Å². The molecule has 2 N–H and O–H groups in total. The number of likely N-dealkylation sites (tertiary alicyclic amines) is 1. The standard InChI is InChI=1S/C14H18ClFN2O/c1-9-4-5-18(11(6-9)8-17)14(19)10-2-3-13(16)12(15)7-10/h2-3,7,9,11H,4-6,8,17H2,1H3. The van der Waals surface area contributed by atoms with E-state index in [0.717, 1.165) is 12.8 Å². The molecule has 19 heavy (non-hydrogen) atoms. The van der Waals surface area contributed by atoms with Crippen LogP contribution in [0.3, 0.4) is 0 Å². The topological polar surface area (TPSA) is 46.3 Å². The van der Waals surface area contributed by atoms with E-state index in [1.54, 1.807) is 4.90 Å². The highest BCUT2D eigenvalue weighted by Gasteiger charge is 2.29. The summed E-state index contributed by atoms with van der Waals surface area (Å²) in [6.07, 6.45) is 1.88. The molecule has 0 radical (unpaired) electrons. The van der Waals surface area contributed by atoms with Crippen LogP contribution < -0.4 is 5.73 Å². The van der Waals surface area contributed by atoms with E-state index in [4.69, 9.17) is 17.3 Å². The summed E-state index contributed by atoms with van der Waals surface area (Å²) in [5.41, 5.74) is 6.16. The van der Waals surface area contributed by atoms with E-state index in [1.807, 2.05) is 0 Å². The lowest BCUT2D eigenvalue weighted by atomic mass is 9.92. The predicted octanol–water partition coefficient (Wildman–Crippen LogP) is 2.68. The monoisotopic (exact) mass is 284 g/mol. The van der Waals surface area contributed by atoms with Crippen molar-refractivity contribution < 1.29 is 9.18 Å². The number of carbonyl (C=O) groups is 1. The van der Waals surface area contributed by atoms with Crippen molar-refractivity contribution in [3.8, 4) is 0 Å². The Kier molecular flexibility index (Phi) is 4.42. The Bertz CT molecular complexity index is 481. The maximum atomic E-state index is 13.1. The molecule has 0 spiro atoms. The molecule has 3 nitrogen and oxygen atoms in total. The average Bonchev–Trinajstić information content (AvgIpc) is 2.41. The molecule has 1 aromatic rings. The van der Waals surface area contributed by atoms with E-state index in [-0.39, 0.29) is 17.0 Å². The summed E-state index contributed by atoms with van der Waals surface area (Å²) in [5.74, 6) is -0.0560. The molecule has 1 aliphatic heterocycles. The van der Waals surface area contributed by atoms with Crippen LogP contribution in [0.2, 0.25) is 5.02 Å². The first-order valence-corrected chi connectivity index (χ1v) is 6.86. The van der Waals surface area contributed by atoms with Crippen LogP contribution in [0.5, 0.6) is 0 Å². The van der Waals surface area contributed by atoms with Crippen LogP contribution in [-0.4, -0.2) is 29.9 Å². The lowest BCUT2D eigenvalue weighted by molar-refractivity contribution is 0.0573. The summed E-state index contributed by atoms with van der Waals surface area (Å²) >= 11 is 5.72. The van der Waals surface area contributed by atoms with Crippen molar-refractivity contribution in [3.05, 3.63) is 34.6 Å². The lowest BCUT2D eigenvalue weighted by Gasteiger charge is -2.38. The highest BCUT2D eigenvalue weighted by atomic mass is 35.5. The van der Waals surface area contributed by atoms with Gasteiger partial charge in [0.2, 0.25) is 0 Å². The number of hydrogen-bond donors (Lipinski definition) is 1. The number of benzene rings is 1. The average molecular weight is 285 g/mol. The Balaban J connectivity index is 2.20. The molecule has 1 aliphatic rings. The number of hydrogen-bond acceptors (Lipinski definition) is 2. The smallest absolute Gasteiger partial charge is 0.254 e. The molecule has 2 atom stereocenters. The van der Waals surface area contributed by atoms with Crippen LogP contribution >= 0.6 is 11.6 Å². The lowest BCUT2D eigenvalue weighted by Crippen LogP contribution is -2.49. The fourth-order valence-corrected chi connectivity index (χ4v) is 2.72. The molecule has 1 fully saturated rings. The van der Waals surface area contributed by atoms with Gasteiger partial charge in [-0.05, 0) is 37.0 Å². The van der Waals surface area contributed by atoms with Crippen molar-refractivity contribution in [3.63, 3.8) is 0 Å². The zero-order valence-corrected chi connectivity index (χ0v) is 11.7. The Morgan fingerprint density at radius 2 is 2.32 bits per heavy atom. The van der Waals surface area contributed by atoms with Crippen LogP contribution in [0.25, 0.3) is 0 Å². The van der Waals surface area contributed by atoms with Gasteiger partial charge in [0.1, 0.15) is 5.82 Å². The van der Waals surface area contributed by atoms with Gasteiger partial charge < -0.3 is 10.6 Å². The molecule has 1 amide bonds. The van der Waals surface area contributed by atoms with Crippen molar-refractivity contribution in [2.75, 3.05) is 13.1 Å². The summed E-state index contributed by atoms with van der Waals surface area (Å²) < 4.78 is 13.1. The van der Waals surface area contributed by atoms with Gasteiger partial charge in [0.05, 0.1) is 5.02 Å². The van der Waals surface area contributed by atoms with E-state index in [2.05, 4.69) is 6.92 Å². The van der Waals surface area contributed by atoms with E-state index >= 15 is 0 Å². The van der Waals surface area contributed by atoms with Crippen molar-refractivity contribution in [1.82, 2.24) is 4.90 Å². The number of amides is 1. The normalized spacial score (nSPS) is 23.5. The highest BCUT2D eigenvalue weighted by molar-refractivity contribution is 6.31. The van der Waals surface area contributed by atoms with Crippen molar-refractivity contribution >= 4 is 17.5 Å². The van der Waals surface area contributed by atoms with Gasteiger partial charge in [-0.3, -0.25) is 4.79 Å². The van der Waals surface area contributed by atoms with E-state index in [9.17, 15) is 9.18 Å². The van der Waals surface area contributed by atoms with E-state index < -0.39 is 5.82 Å². The Hall–Kier alpha value is -1.13. The maximum absolute atomic E-state index is 13.1. The summed E-state index contributed by atoms with van der Waals surface area (Å²) in [6, 6.07) is 4.12. The summed E-state index contributed by atoms with van der Waals surface area (Å²) in [6.45, 7) is 3.31. The third-order valence-electron chi connectivity index (χ3n) is 3.68. The van der Waals surface area contributed by atoms with Crippen molar-refractivity contribution in [2.24, 2.45) is 11.7 Å². The van der Waals surface area contributed by atoms with Crippen LogP contribution in [0.1, 0.15) is 30.1 Å². The third kappa shape index (κ3) is 3.07. The molecular formula is C14H18ClFN2O. The van der Waals surface area contributed by atoms with E-state index in [1.165, 1.54) is 18.2 Å². The number of nitrogens with zero attached hydrogens (tertiary/aromatic N) is 1. The molecule has 1 aromatic carbocycles. The molecule has 5 heteroatoms. The second kappa shape index (κ2) is 5.88. The van der Waals surface area contributed by atoms with Gasteiger partial charge >= 0.3 is 0 Å². The zero-order chi connectivity index (χ0) is 14.0. The Morgan fingerprint density at radius 1 is 1.58 bits per heavy atom. The van der Waals surface area contributed by atoms with Crippen LogP contribution in [0.15, 0.2) is 18.2 Å². The number of nitrogens with two attached hydrogens (primary N) is 1. The fourth-order valence-electron chi connectivity index (χ4n) is 2.54. The zero-order valence-electron chi connectivity index (χ0n) is 10.9. The van der Waals surface area contributed by atoms with Gasteiger partial charge in [-0.25, -0.2) is 4.39 Å². The van der Waals surface area contributed by atoms with Crippen molar-refractivity contribution in [2.45, 2.75) is 25.8 Å². The van der Waals surface area contributed by atoms with Crippen LogP contribution in [0, 0.1) is 11.7 Å². The molecule has 1 heterocycles. The van der Waals surface area contributed by atoms with E-state index in [0.29, 0.717) is 24.6 Å². The van der Waals surface area contributed by atoms with Crippen molar-refractivity contribution in [1.29, 1.82) is 0 Å². The number of piperidine rings is 1. The number of rotatable bonds is 2. The first kappa shape index (κ1) is 14.3. The minimum absolute atomic E-state index is 0.0273. The molecular weight excluding hydrogens is 267 g/mol. The summed E-state index contributed by atoms with van der Waals surface area (Å²) in [4.78, 5) is 14.2. The second-order valence-corrected chi connectivity index (χ2v) is 5.55. The quantitative estimate of drug-likeness (QED) is 0.907. The Labute approximate surface area is 117 Å². The number of carbonyl (C=O) groups excluding carboxylic acids is 1. The fraction of sp³-hybridized carbons (Fsp3) is 0.500. The number of halogens is 2. The largest absolute Gasteiger partial charge is 0.334 e. The summed E-state index contributed by atoms with van der Waals surface area (Å²) in [7, 11) is 0. The SMILES string of the molecule is CC1CCN(C(=O)c2ccc(F)c(Cl)c2)C(CN)C1. The molecule has 0 aromatic heterocycles. The van der Waals surface area contributed by atoms with Gasteiger partial charge in [0.25, 0.3) is 5.91 Å². The first-order chi connectivity index (χ1) is 9.02. The minimum Gasteiger partial charge on any atom is -0.334 e. The van der Waals surface area contributed by atoms with Gasteiger partial charge in [-0.15, -0.1) is 0 Å². The molecule has 0 aliphatic carbocycles. The van der Waals surface area contributed by atoms with Gasteiger partial charge in [0.15, 0.2) is 0 Å². The molecule has 0 saturated carbocycles. The highest BCUT2D eigenvalue weighted by Crippen LogP contribution is 2.25. The second-order valence-electron chi connectivity index (χ2n) is 5.15. The third-order valence-corrected chi connectivity index (χ3v) is 3.97. The molecule has 2 unspecified atom stereocenters. The maximum Gasteiger partial charge on any atom is 0.254 e. The Morgan fingerprint density at radius 3 is 2.95 bits per heavy atom. The van der Waals surface area contributed by atoms with Gasteiger partial charge in [-0.1, -0.05) is 18.5 Å².